The maximum atomic E-state index is 12.4. The number of fused-ring (bicyclic) bond motifs is 1. The van der Waals surface area contributed by atoms with Crippen LogP contribution in [0.25, 0.3) is 11.1 Å². The fourth-order valence-electron chi connectivity index (χ4n) is 2.96. The average molecular weight is 370 g/mol. The van der Waals surface area contributed by atoms with Crippen LogP contribution in [0.4, 0.5) is 6.01 Å². The summed E-state index contributed by atoms with van der Waals surface area (Å²) in [5, 5.41) is 3.10. The molecule has 0 aliphatic carbocycles. The summed E-state index contributed by atoms with van der Waals surface area (Å²) in [5.74, 6) is 0.0654. The number of imidazole rings is 1. The molecule has 0 amide bonds. The first kappa shape index (κ1) is 18.9. The Morgan fingerprint density at radius 1 is 1.33 bits per heavy atom. The van der Waals surface area contributed by atoms with Gasteiger partial charge in [-0.25, -0.2) is 9.78 Å². The number of rotatable bonds is 8. The molecule has 0 unspecified atom stereocenters. The van der Waals surface area contributed by atoms with Crippen molar-refractivity contribution in [2.24, 2.45) is 0 Å². The monoisotopic (exact) mass is 370 g/mol. The Hall–Kier alpha value is -2.83. The lowest BCUT2D eigenvalue weighted by Crippen LogP contribution is -2.34. The van der Waals surface area contributed by atoms with Crippen LogP contribution < -0.4 is 5.32 Å². The molecule has 1 N–H and O–H groups in total. The lowest BCUT2D eigenvalue weighted by Gasteiger charge is -2.16. The molecule has 0 saturated heterocycles. The summed E-state index contributed by atoms with van der Waals surface area (Å²) in [6.07, 6.45) is 3.95. The van der Waals surface area contributed by atoms with E-state index >= 15 is 0 Å². The van der Waals surface area contributed by atoms with E-state index in [1.165, 1.54) is 5.56 Å². The third-order valence-electron chi connectivity index (χ3n) is 4.50. The van der Waals surface area contributed by atoms with Gasteiger partial charge in [0.1, 0.15) is 11.6 Å². The fourth-order valence-corrected chi connectivity index (χ4v) is 2.96. The lowest BCUT2D eigenvalue weighted by atomic mass is 10.0. The summed E-state index contributed by atoms with van der Waals surface area (Å²) in [7, 11) is 0. The van der Waals surface area contributed by atoms with E-state index in [4.69, 9.17) is 9.15 Å². The number of oxazole rings is 1. The minimum atomic E-state index is -0.607. The predicted molar refractivity (Wildman–Crippen MR) is 104 cm³/mol. The first-order valence-corrected chi connectivity index (χ1v) is 9.34. The van der Waals surface area contributed by atoms with Crippen LogP contribution in [0, 0.1) is 0 Å². The molecule has 2 heterocycles. The highest BCUT2D eigenvalue weighted by Crippen LogP contribution is 2.24. The molecule has 0 spiro atoms. The predicted octanol–water partition coefficient (Wildman–Crippen LogP) is 3.75. The van der Waals surface area contributed by atoms with Crippen LogP contribution in [-0.2, 0) is 22.5 Å². The normalized spacial score (nSPS) is 12.5. The van der Waals surface area contributed by atoms with Gasteiger partial charge in [0, 0.05) is 24.9 Å². The van der Waals surface area contributed by atoms with Crippen molar-refractivity contribution in [3.63, 3.8) is 0 Å². The van der Waals surface area contributed by atoms with Gasteiger partial charge in [0.05, 0.1) is 12.9 Å². The van der Waals surface area contributed by atoms with Gasteiger partial charge in [-0.2, -0.15) is 4.98 Å². The standard InChI is InChI=1S/C20H26N4O3/c1-5-24-12-21-11-15(24)10-17(19(25)26-6-2)23-20-22-16-9-14(13(3)4)7-8-18(16)27-20/h7-9,11-13,17H,5-6,10H2,1-4H3,(H,22,23)/t17-/m0/s1. The Morgan fingerprint density at radius 3 is 2.85 bits per heavy atom. The van der Waals surface area contributed by atoms with E-state index in [-0.39, 0.29) is 5.97 Å². The molecule has 0 saturated carbocycles. The Bertz CT molecular complexity index is 913. The molecule has 7 nitrogen and oxygen atoms in total. The van der Waals surface area contributed by atoms with Crippen molar-refractivity contribution in [3.8, 4) is 0 Å². The number of carbonyl (C=O) groups excluding carboxylic acids is 1. The maximum Gasteiger partial charge on any atom is 0.329 e. The van der Waals surface area contributed by atoms with Crippen LogP contribution in [0.15, 0.2) is 35.1 Å². The first-order chi connectivity index (χ1) is 13.0. The third kappa shape index (κ3) is 4.30. The van der Waals surface area contributed by atoms with E-state index < -0.39 is 6.04 Å². The maximum absolute atomic E-state index is 12.4. The largest absolute Gasteiger partial charge is 0.464 e. The highest BCUT2D eigenvalue weighted by Gasteiger charge is 2.24. The zero-order chi connectivity index (χ0) is 19.4. The zero-order valence-corrected chi connectivity index (χ0v) is 16.2. The number of esters is 1. The van der Waals surface area contributed by atoms with Crippen molar-refractivity contribution in [2.45, 2.75) is 52.6 Å². The van der Waals surface area contributed by atoms with Crippen LogP contribution in [-0.4, -0.2) is 33.2 Å². The minimum absolute atomic E-state index is 0.312. The molecule has 2 aromatic heterocycles. The second-order valence-electron chi connectivity index (χ2n) is 6.72. The summed E-state index contributed by atoms with van der Waals surface area (Å²) in [6, 6.07) is 5.66. The highest BCUT2D eigenvalue weighted by atomic mass is 16.5. The van der Waals surface area contributed by atoms with Gasteiger partial charge in [-0.3, -0.25) is 0 Å². The van der Waals surface area contributed by atoms with Gasteiger partial charge in [0.15, 0.2) is 5.58 Å². The molecular weight excluding hydrogens is 344 g/mol. The van der Waals surface area contributed by atoms with E-state index in [2.05, 4.69) is 29.1 Å². The van der Waals surface area contributed by atoms with Crippen LogP contribution in [0.1, 0.15) is 44.9 Å². The lowest BCUT2D eigenvalue weighted by molar-refractivity contribution is -0.144. The van der Waals surface area contributed by atoms with Gasteiger partial charge < -0.3 is 19.0 Å². The molecular formula is C20H26N4O3. The molecule has 1 aromatic carbocycles. The number of hydrogen-bond donors (Lipinski definition) is 1. The Morgan fingerprint density at radius 2 is 2.15 bits per heavy atom. The first-order valence-electron chi connectivity index (χ1n) is 9.34. The third-order valence-corrected chi connectivity index (χ3v) is 4.50. The Balaban J connectivity index is 1.84. The summed E-state index contributed by atoms with van der Waals surface area (Å²) >= 11 is 0. The second kappa shape index (κ2) is 8.24. The average Bonchev–Trinajstić information content (AvgIpc) is 3.26. The number of carbonyl (C=O) groups is 1. The number of nitrogens with zero attached hydrogens (tertiary/aromatic N) is 3. The number of benzene rings is 1. The number of nitrogens with one attached hydrogen (secondary N) is 1. The summed E-state index contributed by atoms with van der Waals surface area (Å²) in [6.45, 7) is 9.19. The van der Waals surface area contributed by atoms with Crippen molar-refractivity contribution in [1.82, 2.24) is 14.5 Å². The Labute approximate surface area is 158 Å². The summed E-state index contributed by atoms with van der Waals surface area (Å²) in [5.41, 5.74) is 3.59. The molecule has 0 aliphatic heterocycles. The molecule has 1 atom stereocenters. The van der Waals surface area contributed by atoms with Crippen LogP contribution in [0.5, 0.6) is 0 Å². The second-order valence-corrected chi connectivity index (χ2v) is 6.72. The number of anilines is 1. The molecule has 144 valence electrons. The topological polar surface area (TPSA) is 82.2 Å². The number of aromatic nitrogens is 3. The van der Waals surface area contributed by atoms with E-state index in [0.29, 0.717) is 30.5 Å². The quantitative estimate of drug-likeness (QED) is 0.608. The van der Waals surface area contributed by atoms with E-state index in [1.54, 1.807) is 19.4 Å². The van der Waals surface area contributed by atoms with E-state index in [1.807, 2.05) is 29.7 Å². The molecule has 0 bridgehead atoms. The van der Waals surface area contributed by atoms with Gasteiger partial charge in [-0.15, -0.1) is 0 Å². The zero-order valence-electron chi connectivity index (χ0n) is 16.2. The summed E-state index contributed by atoms with van der Waals surface area (Å²) < 4.78 is 13.0. The Kier molecular flexibility index (Phi) is 5.78. The molecule has 0 radical (unpaired) electrons. The van der Waals surface area contributed by atoms with Gasteiger partial charge in [0.2, 0.25) is 0 Å². The number of ether oxygens (including phenoxy) is 1. The smallest absolute Gasteiger partial charge is 0.329 e. The number of aryl methyl sites for hydroxylation is 1. The van der Waals surface area contributed by atoms with Crippen molar-refractivity contribution >= 4 is 23.1 Å². The van der Waals surface area contributed by atoms with Crippen molar-refractivity contribution in [2.75, 3.05) is 11.9 Å². The number of hydrogen-bond acceptors (Lipinski definition) is 6. The van der Waals surface area contributed by atoms with Crippen LogP contribution in [0.3, 0.4) is 0 Å². The van der Waals surface area contributed by atoms with E-state index in [0.717, 1.165) is 17.8 Å². The van der Waals surface area contributed by atoms with Crippen molar-refractivity contribution in [3.05, 3.63) is 42.0 Å². The highest BCUT2D eigenvalue weighted by molar-refractivity contribution is 5.80. The van der Waals surface area contributed by atoms with Gasteiger partial charge in [-0.05, 0) is 37.5 Å². The van der Waals surface area contributed by atoms with Crippen molar-refractivity contribution in [1.29, 1.82) is 0 Å². The SMILES string of the molecule is CCOC(=O)[C@H](Cc1cncn1CC)Nc1nc2cc(C(C)C)ccc2o1. The van der Waals surface area contributed by atoms with Gasteiger partial charge in [-0.1, -0.05) is 19.9 Å². The van der Waals surface area contributed by atoms with Crippen molar-refractivity contribution < 1.29 is 13.9 Å². The molecule has 3 aromatic rings. The van der Waals surface area contributed by atoms with Crippen LogP contribution >= 0.6 is 0 Å². The molecule has 3 rings (SSSR count). The molecule has 0 aliphatic rings. The molecule has 0 fully saturated rings. The van der Waals surface area contributed by atoms with E-state index in [9.17, 15) is 4.79 Å². The molecule has 7 heteroatoms. The minimum Gasteiger partial charge on any atom is -0.464 e. The van der Waals surface area contributed by atoms with Crippen LogP contribution in [0.2, 0.25) is 0 Å². The summed E-state index contributed by atoms with van der Waals surface area (Å²) in [4.78, 5) is 21.1. The van der Waals surface area contributed by atoms with Gasteiger partial charge in [0.25, 0.3) is 6.01 Å². The van der Waals surface area contributed by atoms with Gasteiger partial charge >= 0.3 is 5.97 Å². The molecule has 27 heavy (non-hydrogen) atoms. The fraction of sp³-hybridized carbons (Fsp3) is 0.450.